The van der Waals surface area contributed by atoms with Gasteiger partial charge in [-0.1, -0.05) is 55.4 Å². The van der Waals surface area contributed by atoms with Gasteiger partial charge < -0.3 is 0 Å². The Bertz CT molecular complexity index is 517. The van der Waals surface area contributed by atoms with Gasteiger partial charge in [-0.3, -0.25) is 5.09 Å². The van der Waals surface area contributed by atoms with Crippen molar-refractivity contribution in [2.45, 2.75) is 69.2 Å². The largest absolute Gasteiger partial charge is 0.355 e. The summed E-state index contributed by atoms with van der Waals surface area (Å²) in [5, 5.41) is 7.90. The summed E-state index contributed by atoms with van der Waals surface area (Å²) < 4.78 is 16.4. The zero-order valence-corrected chi connectivity index (χ0v) is 23.0. The predicted octanol–water partition coefficient (Wildman–Crippen LogP) is 5.18. The second kappa shape index (κ2) is 15.1. The fourth-order valence-corrected chi connectivity index (χ4v) is 13.3. The average Bonchev–Trinajstić information content (AvgIpc) is 2.71. The van der Waals surface area contributed by atoms with Crippen LogP contribution in [0.2, 0.25) is 0 Å². The quantitative estimate of drug-likeness (QED) is 0.316. The second-order valence-corrected chi connectivity index (χ2v) is 12.7. The van der Waals surface area contributed by atoms with E-state index < -0.39 is 15.0 Å². The molecule has 0 spiro atoms. The monoisotopic (exact) mass is 452 g/mol. The van der Waals surface area contributed by atoms with Gasteiger partial charge in [0.05, 0.1) is 0 Å². The molecule has 0 aromatic rings. The Morgan fingerprint density at radius 1 is 0.586 bits per heavy atom. The lowest BCUT2D eigenvalue weighted by atomic mass is 10.7. The van der Waals surface area contributed by atoms with Crippen LogP contribution >= 0.6 is 15.0 Å². The summed E-state index contributed by atoms with van der Waals surface area (Å²) in [6.07, 6.45) is 0. The normalized spacial score (nSPS) is 14.7. The maximum absolute atomic E-state index is 5.99. The van der Waals surface area contributed by atoms with E-state index in [1.54, 1.807) is 0 Å². The van der Waals surface area contributed by atoms with Crippen molar-refractivity contribution in [3.05, 3.63) is 0 Å². The molecular weight excluding hydrogens is 400 g/mol. The van der Waals surface area contributed by atoms with Gasteiger partial charge in [-0.2, -0.15) is 4.52 Å². The summed E-state index contributed by atoms with van der Waals surface area (Å²) in [5.74, 6) is 0. The average molecular weight is 453 g/mol. The van der Waals surface area contributed by atoms with Crippen LogP contribution in [-0.2, 0) is 0 Å². The zero-order valence-electron chi connectivity index (χ0n) is 21.2. The molecule has 1 atom stereocenters. The molecule has 0 rings (SSSR count). The zero-order chi connectivity index (χ0) is 22.5. The lowest BCUT2D eigenvalue weighted by Gasteiger charge is -2.44. The van der Waals surface area contributed by atoms with Crippen LogP contribution in [0.25, 0.3) is 0 Å². The van der Waals surface area contributed by atoms with E-state index in [1.165, 1.54) is 0 Å². The predicted molar refractivity (Wildman–Crippen MR) is 134 cm³/mol. The van der Waals surface area contributed by atoms with Gasteiger partial charge in [0.15, 0.2) is 7.51 Å². The smallest absolute Gasteiger partial charge is 0.259 e. The van der Waals surface area contributed by atoms with Gasteiger partial charge in [-0.05, 0) is 20.4 Å². The molecule has 0 heterocycles. The number of hydrogen-bond donors (Lipinski definition) is 2. The third kappa shape index (κ3) is 6.62. The van der Waals surface area contributed by atoms with Crippen molar-refractivity contribution in [3.63, 3.8) is 0 Å². The molecule has 0 saturated heterocycles. The summed E-state index contributed by atoms with van der Waals surface area (Å²) in [6.45, 7) is 32.5. The maximum Gasteiger partial charge on any atom is 0.355 e. The Morgan fingerprint density at radius 2 is 0.966 bits per heavy atom. The number of rotatable bonds is 16. The Kier molecular flexibility index (Phi) is 15.3. The molecule has 0 aromatic heterocycles. The Hall–Kier alpha value is 0.260. The van der Waals surface area contributed by atoms with E-state index in [2.05, 4.69) is 97.8 Å². The fourth-order valence-electron chi connectivity index (χ4n) is 4.12. The standard InChI is InChI=1S/C20H51N7P2/c1-11-21-28(24(13-3)14-4,25(15-5)16-6)23-29(22-12-2,26(17-7)18-8)27(19-9)20-10/h21H,11-20H2,1-10H3/p+1. The van der Waals surface area contributed by atoms with Crippen LogP contribution in [-0.4, -0.2) is 83.8 Å². The van der Waals surface area contributed by atoms with Crippen LogP contribution in [0.3, 0.4) is 0 Å². The van der Waals surface area contributed by atoms with Gasteiger partial charge in [-0.25, -0.2) is 23.4 Å². The maximum atomic E-state index is 5.99. The first-order valence-corrected chi connectivity index (χ1v) is 15.2. The second-order valence-electron chi connectivity index (χ2n) is 6.81. The van der Waals surface area contributed by atoms with E-state index >= 15 is 0 Å². The molecule has 7 nitrogen and oxygen atoms in total. The lowest BCUT2D eigenvalue weighted by Crippen LogP contribution is -2.40. The van der Waals surface area contributed by atoms with Crippen molar-refractivity contribution >= 4 is 15.0 Å². The molecule has 176 valence electrons. The molecule has 0 saturated carbocycles. The Morgan fingerprint density at radius 3 is 1.24 bits per heavy atom. The molecular formula is C20H52N7P2+. The number of nitrogens with zero attached hydrogens (tertiary/aromatic N) is 5. The van der Waals surface area contributed by atoms with E-state index in [0.717, 1.165) is 65.4 Å². The highest BCUT2D eigenvalue weighted by Gasteiger charge is 2.41. The highest BCUT2D eigenvalue weighted by Crippen LogP contribution is 2.64. The molecule has 29 heavy (non-hydrogen) atoms. The molecule has 0 aromatic carbocycles. The van der Waals surface area contributed by atoms with E-state index in [4.69, 9.17) is 4.52 Å². The molecule has 0 aliphatic carbocycles. The minimum atomic E-state index is -2.08. The van der Waals surface area contributed by atoms with Crippen molar-refractivity contribution in [1.82, 2.24) is 24.2 Å². The molecule has 0 radical (unpaired) electrons. The van der Waals surface area contributed by atoms with Gasteiger partial charge in [0.1, 0.15) is 13.1 Å². The first kappa shape index (κ1) is 29.3. The first-order valence-electron chi connectivity index (χ1n) is 12.0. The van der Waals surface area contributed by atoms with Crippen LogP contribution in [0.1, 0.15) is 69.2 Å². The molecule has 1 unspecified atom stereocenters. The van der Waals surface area contributed by atoms with Crippen molar-refractivity contribution in [1.29, 1.82) is 0 Å². The van der Waals surface area contributed by atoms with E-state index in [1.807, 2.05) is 0 Å². The fraction of sp³-hybridized carbons (Fsp3) is 1.00. The summed E-state index contributed by atoms with van der Waals surface area (Å²) in [4.78, 5) is 0. The Labute approximate surface area is 183 Å². The minimum Gasteiger partial charge on any atom is -0.259 e. The SMILES string of the molecule is CCNP(=NP(NCC)(N(CC)CC)=[N+](CC)CC)(N(CC)CC)N(CC)CC. The van der Waals surface area contributed by atoms with Gasteiger partial charge in [-0.15, -0.1) is 0 Å². The molecule has 0 aliphatic heterocycles. The molecule has 0 aliphatic rings. The number of nitrogens with one attached hydrogen (secondary N) is 2. The van der Waals surface area contributed by atoms with Crippen LogP contribution in [0, 0.1) is 0 Å². The van der Waals surface area contributed by atoms with E-state index in [9.17, 15) is 0 Å². The van der Waals surface area contributed by atoms with Gasteiger partial charge in [0, 0.05) is 45.8 Å². The molecule has 0 bridgehead atoms. The Balaban J connectivity index is 7.56. The molecule has 0 amide bonds. The van der Waals surface area contributed by atoms with Crippen LogP contribution in [0.15, 0.2) is 4.52 Å². The van der Waals surface area contributed by atoms with Crippen molar-refractivity contribution < 1.29 is 4.33 Å². The summed E-state index contributed by atoms with van der Waals surface area (Å²) in [7, 11) is -4.17. The third-order valence-electron chi connectivity index (χ3n) is 5.49. The van der Waals surface area contributed by atoms with Crippen LogP contribution < -0.4 is 10.2 Å². The van der Waals surface area contributed by atoms with E-state index in [-0.39, 0.29) is 0 Å². The molecule has 0 fully saturated rings. The van der Waals surface area contributed by atoms with E-state index in [0.29, 0.717) is 0 Å². The van der Waals surface area contributed by atoms with Crippen molar-refractivity contribution in [2.75, 3.05) is 65.4 Å². The van der Waals surface area contributed by atoms with Crippen LogP contribution in [0.4, 0.5) is 0 Å². The van der Waals surface area contributed by atoms with Gasteiger partial charge >= 0.3 is 7.51 Å². The van der Waals surface area contributed by atoms with Crippen molar-refractivity contribution in [3.8, 4) is 0 Å². The molecule has 2 N–H and O–H groups in total. The van der Waals surface area contributed by atoms with Gasteiger partial charge in [0.25, 0.3) is 0 Å². The highest BCUT2D eigenvalue weighted by molar-refractivity contribution is 7.70. The highest BCUT2D eigenvalue weighted by atomic mass is 31.2. The topological polar surface area (TPSA) is 49.2 Å². The van der Waals surface area contributed by atoms with Gasteiger partial charge in [0.2, 0.25) is 0 Å². The lowest BCUT2D eigenvalue weighted by molar-refractivity contribution is -0.505. The first-order chi connectivity index (χ1) is 13.9. The summed E-state index contributed by atoms with van der Waals surface area (Å²) in [5.41, 5.74) is 0. The summed E-state index contributed by atoms with van der Waals surface area (Å²) in [6, 6.07) is 0. The summed E-state index contributed by atoms with van der Waals surface area (Å²) >= 11 is 0. The minimum absolute atomic E-state index is 0.924. The third-order valence-corrected chi connectivity index (χ3v) is 14.4. The number of hydrogen-bond acceptors (Lipinski definition) is 0. The van der Waals surface area contributed by atoms with Crippen molar-refractivity contribution in [2.24, 2.45) is 4.52 Å². The van der Waals surface area contributed by atoms with Crippen LogP contribution in [0.5, 0.6) is 0 Å². The molecule has 9 heteroatoms.